The molecule has 1 aliphatic rings. The highest BCUT2D eigenvalue weighted by atomic mass is 16.1. The summed E-state index contributed by atoms with van der Waals surface area (Å²) in [7, 11) is 0. The number of piperidine rings is 1. The zero-order valence-electron chi connectivity index (χ0n) is 15.9. The molecule has 1 aromatic carbocycles. The van der Waals surface area contributed by atoms with E-state index in [2.05, 4.69) is 35.4 Å². The van der Waals surface area contributed by atoms with Crippen LogP contribution in [0, 0.1) is 5.92 Å². The van der Waals surface area contributed by atoms with Gasteiger partial charge in [0.2, 0.25) is 5.91 Å². The molecule has 3 aromatic rings. The van der Waals surface area contributed by atoms with Crippen LogP contribution in [-0.4, -0.2) is 33.3 Å². The minimum atomic E-state index is -0.364. The summed E-state index contributed by atoms with van der Waals surface area (Å²) in [6, 6.07) is 13.9. The molecule has 0 bridgehead atoms. The van der Waals surface area contributed by atoms with Crippen LogP contribution in [0.3, 0.4) is 0 Å². The van der Waals surface area contributed by atoms with Gasteiger partial charge in [0, 0.05) is 31.0 Å². The van der Waals surface area contributed by atoms with Crippen LogP contribution in [-0.2, 0) is 12.0 Å². The fourth-order valence-electron chi connectivity index (χ4n) is 4.21. The molecule has 1 amide bonds. The summed E-state index contributed by atoms with van der Waals surface area (Å²) >= 11 is 0. The Kier molecular flexibility index (Phi) is 4.48. The van der Waals surface area contributed by atoms with Crippen LogP contribution in [0.4, 0.5) is 0 Å². The molecule has 1 saturated heterocycles. The van der Waals surface area contributed by atoms with Crippen molar-refractivity contribution < 1.29 is 4.79 Å². The molecule has 0 radical (unpaired) electrons. The molecule has 5 heteroatoms. The summed E-state index contributed by atoms with van der Waals surface area (Å²) < 4.78 is 2.07. The van der Waals surface area contributed by atoms with Crippen molar-refractivity contribution in [2.24, 2.45) is 11.7 Å². The molecule has 140 valence electrons. The first-order valence-electron chi connectivity index (χ1n) is 9.51. The predicted molar refractivity (Wildman–Crippen MR) is 107 cm³/mol. The molecule has 3 heterocycles. The Morgan fingerprint density at radius 3 is 2.89 bits per heavy atom. The van der Waals surface area contributed by atoms with E-state index in [-0.39, 0.29) is 11.3 Å². The van der Waals surface area contributed by atoms with Crippen LogP contribution in [0.25, 0.3) is 5.65 Å². The number of nitrogens with two attached hydrogens (primary N) is 1. The van der Waals surface area contributed by atoms with Crippen LogP contribution in [0.15, 0.2) is 54.9 Å². The van der Waals surface area contributed by atoms with Gasteiger partial charge >= 0.3 is 0 Å². The normalized spacial score (nSPS) is 23.6. The minimum Gasteiger partial charge on any atom is -0.366 e. The zero-order valence-corrected chi connectivity index (χ0v) is 15.9. The molecule has 1 fully saturated rings. The summed E-state index contributed by atoms with van der Waals surface area (Å²) in [4.78, 5) is 18.8. The Hall–Kier alpha value is -2.66. The Morgan fingerprint density at radius 1 is 1.30 bits per heavy atom. The van der Waals surface area contributed by atoms with Crippen molar-refractivity contribution in [1.29, 1.82) is 0 Å². The van der Waals surface area contributed by atoms with E-state index in [0.29, 0.717) is 11.5 Å². The minimum absolute atomic E-state index is 0.0425. The third-order valence-electron chi connectivity index (χ3n) is 6.17. The lowest BCUT2D eigenvalue weighted by Gasteiger charge is -2.45. The molecule has 1 aliphatic heterocycles. The fourth-order valence-corrected chi connectivity index (χ4v) is 4.21. The number of fused-ring (bicyclic) bond motifs is 1. The standard InChI is InChI=1S/C22H26N4O/c1-16-13-25(14-19-15-26-10-4-3-8-20(26)24-19)11-9-22(16,2)18-7-5-6-17(12-18)21(23)27/h3-8,10,12,15-16H,9,11,13-14H2,1-2H3,(H2,23,27)/t16-,22-/m0/s1. The van der Waals surface area contributed by atoms with Gasteiger partial charge in [0.25, 0.3) is 0 Å². The maximum absolute atomic E-state index is 11.6. The number of nitrogens with zero attached hydrogens (tertiary/aromatic N) is 3. The lowest BCUT2D eigenvalue weighted by Crippen LogP contribution is -2.47. The van der Waals surface area contributed by atoms with Crippen molar-refractivity contribution in [3.8, 4) is 0 Å². The van der Waals surface area contributed by atoms with Gasteiger partial charge < -0.3 is 10.1 Å². The summed E-state index contributed by atoms with van der Waals surface area (Å²) in [6.45, 7) is 7.48. The van der Waals surface area contributed by atoms with Gasteiger partial charge in [0.15, 0.2) is 0 Å². The van der Waals surface area contributed by atoms with Crippen molar-refractivity contribution in [3.05, 3.63) is 71.7 Å². The van der Waals surface area contributed by atoms with Gasteiger partial charge in [0.1, 0.15) is 5.65 Å². The summed E-state index contributed by atoms with van der Waals surface area (Å²) in [5.41, 5.74) is 9.41. The van der Waals surface area contributed by atoms with E-state index in [1.54, 1.807) is 6.07 Å². The number of hydrogen-bond acceptors (Lipinski definition) is 3. The van der Waals surface area contributed by atoms with E-state index in [9.17, 15) is 4.79 Å². The van der Waals surface area contributed by atoms with Gasteiger partial charge in [-0.1, -0.05) is 32.0 Å². The average Bonchev–Trinajstić information content (AvgIpc) is 3.07. The van der Waals surface area contributed by atoms with E-state index in [4.69, 9.17) is 10.7 Å². The number of likely N-dealkylation sites (tertiary alicyclic amines) is 1. The molecule has 0 spiro atoms. The number of benzene rings is 1. The SMILES string of the molecule is C[C@H]1CN(Cc2cn3ccccc3n2)CC[C@]1(C)c1cccc(C(N)=O)c1. The smallest absolute Gasteiger partial charge is 0.248 e. The van der Waals surface area contributed by atoms with Gasteiger partial charge in [-0.05, 0) is 54.1 Å². The van der Waals surface area contributed by atoms with Crippen molar-refractivity contribution in [2.45, 2.75) is 32.2 Å². The third-order valence-corrected chi connectivity index (χ3v) is 6.17. The van der Waals surface area contributed by atoms with Crippen LogP contribution in [0.1, 0.15) is 41.9 Å². The van der Waals surface area contributed by atoms with Crippen LogP contribution < -0.4 is 5.73 Å². The van der Waals surface area contributed by atoms with Gasteiger partial charge in [-0.2, -0.15) is 0 Å². The molecule has 0 saturated carbocycles. The Morgan fingerprint density at radius 2 is 2.15 bits per heavy atom. The first-order chi connectivity index (χ1) is 13.0. The van der Waals surface area contributed by atoms with Crippen LogP contribution >= 0.6 is 0 Å². The first kappa shape index (κ1) is 17.7. The molecule has 2 N–H and O–H groups in total. The van der Waals surface area contributed by atoms with Crippen molar-refractivity contribution >= 4 is 11.6 Å². The Labute approximate surface area is 159 Å². The van der Waals surface area contributed by atoms with E-state index in [0.717, 1.165) is 37.4 Å². The van der Waals surface area contributed by atoms with Gasteiger partial charge in [-0.15, -0.1) is 0 Å². The number of hydrogen-bond donors (Lipinski definition) is 1. The Balaban J connectivity index is 1.50. The quantitative estimate of drug-likeness (QED) is 0.775. The van der Waals surface area contributed by atoms with Crippen LogP contribution in [0.5, 0.6) is 0 Å². The molecule has 5 nitrogen and oxygen atoms in total. The number of pyridine rings is 1. The second-order valence-corrected chi connectivity index (χ2v) is 7.95. The fraction of sp³-hybridized carbons (Fsp3) is 0.364. The van der Waals surface area contributed by atoms with Crippen LogP contribution in [0.2, 0.25) is 0 Å². The third kappa shape index (κ3) is 3.35. The topological polar surface area (TPSA) is 63.6 Å². The second kappa shape index (κ2) is 6.82. The number of carbonyl (C=O) groups is 1. The highest BCUT2D eigenvalue weighted by molar-refractivity contribution is 5.92. The van der Waals surface area contributed by atoms with E-state index >= 15 is 0 Å². The highest BCUT2D eigenvalue weighted by Gasteiger charge is 2.38. The van der Waals surface area contributed by atoms with Crippen molar-refractivity contribution in [3.63, 3.8) is 0 Å². The summed E-state index contributed by atoms with van der Waals surface area (Å²) in [5, 5.41) is 0. The summed E-state index contributed by atoms with van der Waals surface area (Å²) in [6.07, 6.45) is 5.20. The number of amides is 1. The lowest BCUT2D eigenvalue weighted by atomic mass is 9.68. The zero-order chi connectivity index (χ0) is 19.0. The number of carbonyl (C=O) groups excluding carboxylic acids is 1. The molecule has 0 aliphatic carbocycles. The number of imidazole rings is 1. The monoisotopic (exact) mass is 362 g/mol. The average molecular weight is 362 g/mol. The molecule has 27 heavy (non-hydrogen) atoms. The molecular weight excluding hydrogens is 336 g/mol. The lowest BCUT2D eigenvalue weighted by molar-refractivity contribution is 0.0995. The number of rotatable bonds is 4. The van der Waals surface area contributed by atoms with Gasteiger partial charge in [0.05, 0.1) is 5.69 Å². The van der Waals surface area contributed by atoms with E-state index in [1.165, 1.54) is 5.56 Å². The van der Waals surface area contributed by atoms with Crippen molar-refractivity contribution in [1.82, 2.24) is 14.3 Å². The largest absolute Gasteiger partial charge is 0.366 e. The van der Waals surface area contributed by atoms with Gasteiger partial charge in [-0.25, -0.2) is 4.98 Å². The molecule has 4 rings (SSSR count). The Bertz CT molecular complexity index is 946. The maximum Gasteiger partial charge on any atom is 0.248 e. The van der Waals surface area contributed by atoms with Gasteiger partial charge in [-0.3, -0.25) is 9.69 Å². The highest BCUT2D eigenvalue weighted by Crippen LogP contribution is 2.39. The van der Waals surface area contributed by atoms with E-state index < -0.39 is 0 Å². The molecule has 0 unspecified atom stereocenters. The van der Waals surface area contributed by atoms with Crippen molar-refractivity contribution in [2.75, 3.05) is 13.1 Å². The first-order valence-corrected chi connectivity index (χ1v) is 9.51. The van der Waals surface area contributed by atoms with E-state index in [1.807, 2.05) is 36.5 Å². The molecule has 2 aromatic heterocycles. The maximum atomic E-state index is 11.6. The molecule has 2 atom stereocenters. The summed E-state index contributed by atoms with van der Waals surface area (Å²) in [5.74, 6) is 0.101. The predicted octanol–water partition coefficient (Wildman–Crippen LogP) is 3.23. The molecular formula is C22H26N4O. The second-order valence-electron chi connectivity index (χ2n) is 7.95. The number of primary amides is 1. The number of aromatic nitrogens is 2.